The number of anilines is 1. The average Bonchev–Trinajstić information content (AvgIpc) is 2.47. The molecule has 0 unspecified atom stereocenters. The largest absolute Gasteiger partial charge is 0.488 e. The van der Waals surface area contributed by atoms with Crippen molar-refractivity contribution in [3.8, 4) is 5.75 Å². The minimum Gasteiger partial charge on any atom is -0.488 e. The molecule has 0 spiro atoms. The molecule has 2 aromatic carbocycles. The van der Waals surface area contributed by atoms with Gasteiger partial charge in [0.05, 0.1) is 5.02 Å². The molecule has 2 rings (SSSR count). The van der Waals surface area contributed by atoms with Gasteiger partial charge < -0.3 is 10.1 Å². The van der Waals surface area contributed by atoms with Crippen LogP contribution in [-0.2, 0) is 6.54 Å². The van der Waals surface area contributed by atoms with Crippen LogP contribution in [0.3, 0.4) is 0 Å². The summed E-state index contributed by atoms with van der Waals surface area (Å²) in [4.78, 5) is 0. The Labute approximate surface area is 141 Å². The molecule has 0 saturated heterocycles. The monoisotopic (exact) mass is 335 g/mol. The molecule has 116 valence electrons. The first-order valence-electron chi connectivity index (χ1n) is 7.04. The second kappa shape index (κ2) is 7.57. The predicted octanol–water partition coefficient (Wildman–Crippen LogP) is 5.79. The van der Waals surface area contributed by atoms with E-state index in [1.165, 1.54) is 11.1 Å². The summed E-state index contributed by atoms with van der Waals surface area (Å²) in [6.45, 7) is 8.78. The van der Waals surface area contributed by atoms with E-state index in [1.807, 2.05) is 6.07 Å². The summed E-state index contributed by atoms with van der Waals surface area (Å²) in [5.41, 5.74) is 4.40. The van der Waals surface area contributed by atoms with Gasteiger partial charge in [0.25, 0.3) is 0 Å². The van der Waals surface area contributed by atoms with Gasteiger partial charge in [-0.25, -0.2) is 0 Å². The van der Waals surface area contributed by atoms with Gasteiger partial charge in [-0.1, -0.05) is 48.0 Å². The van der Waals surface area contributed by atoms with Crippen LogP contribution in [0.4, 0.5) is 5.69 Å². The van der Waals surface area contributed by atoms with Crippen molar-refractivity contribution in [2.24, 2.45) is 0 Å². The topological polar surface area (TPSA) is 21.3 Å². The van der Waals surface area contributed by atoms with Crippen molar-refractivity contribution >= 4 is 28.9 Å². The maximum Gasteiger partial charge on any atom is 0.143 e. The Morgan fingerprint density at radius 2 is 1.95 bits per heavy atom. The number of halogens is 2. The Hall–Kier alpha value is -1.64. The van der Waals surface area contributed by atoms with E-state index >= 15 is 0 Å². The molecule has 0 aliphatic carbocycles. The number of hydrogen-bond acceptors (Lipinski definition) is 2. The average molecular weight is 336 g/mol. The molecule has 2 aromatic rings. The zero-order valence-electron chi connectivity index (χ0n) is 12.7. The summed E-state index contributed by atoms with van der Waals surface area (Å²) in [5.74, 6) is 0.642. The van der Waals surface area contributed by atoms with Gasteiger partial charge in [0.15, 0.2) is 0 Å². The Morgan fingerprint density at radius 1 is 1.18 bits per heavy atom. The first-order valence-corrected chi connectivity index (χ1v) is 7.79. The molecule has 0 aliphatic heterocycles. The Balaban J connectivity index is 2.24. The predicted molar refractivity (Wildman–Crippen MR) is 95.4 cm³/mol. The molecule has 0 radical (unpaired) electrons. The third-order valence-electron chi connectivity index (χ3n) is 3.29. The van der Waals surface area contributed by atoms with Crippen molar-refractivity contribution in [3.05, 3.63) is 69.7 Å². The van der Waals surface area contributed by atoms with E-state index in [4.69, 9.17) is 27.9 Å². The standard InChI is InChI=1S/C18H19Cl2NO/c1-4-7-22-18-14(9-15(19)10-16(18)20)11-21-17-8-12(2)5-6-13(17)3/h4-6,8-10,21H,1,7,11H2,2-3H3. The molecule has 0 aromatic heterocycles. The fourth-order valence-electron chi connectivity index (χ4n) is 2.17. The second-order valence-corrected chi connectivity index (χ2v) is 5.99. The van der Waals surface area contributed by atoms with E-state index in [1.54, 1.807) is 12.1 Å². The van der Waals surface area contributed by atoms with E-state index in [9.17, 15) is 0 Å². The maximum absolute atomic E-state index is 6.24. The minimum atomic E-state index is 0.401. The first-order chi connectivity index (χ1) is 10.5. The Bertz CT molecular complexity index is 683. The fourth-order valence-corrected chi connectivity index (χ4v) is 2.76. The molecule has 0 aliphatic rings. The lowest BCUT2D eigenvalue weighted by Gasteiger charge is -2.15. The molecule has 0 atom stereocenters. The zero-order chi connectivity index (χ0) is 16.1. The van der Waals surface area contributed by atoms with Crippen molar-refractivity contribution in [2.75, 3.05) is 11.9 Å². The highest BCUT2D eigenvalue weighted by atomic mass is 35.5. The first kappa shape index (κ1) is 16.7. The van der Waals surface area contributed by atoms with Gasteiger partial charge >= 0.3 is 0 Å². The lowest BCUT2D eigenvalue weighted by molar-refractivity contribution is 0.360. The fraction of sp³-hybridized carbons (Fsp3) is 0.222. The number of hydrogen-bond donors (Lipinski definition) is 1. The number of benzene rings is 2. The molecule has 0 fully saturated rings. The van der Waals surface area contributed by atoms with Crippen LogP contribution in [0.5, 0.6) is 5.75 Å². The van der Waals surface area contributed by atoms with Crippen LogP contribution >= 0.6 is 23.2 Å². The van der Waals surface area contributed by atoms with Crippen LogP contribution in [0.15, 0.2) is 43.0 Å². The molecular formula is C18H19Cl2NO. The van der Waals surface area contributed by atoms with Gasteiger partial charge in [0.2, 0.25) is 0 Å². The van der Waals surface area contributed by atoms with Crippen molar-refractivity contribution in [1.29, 1.82) is 0 Å². The van der Waals surface area contributed by atoms with Gasteiger partial charge in [-0.05, 0) is 43.2 Å². The van der Waals surface area contributed by atoms with Gasteiger partial charge in [0.1, 0.15) is 12.4 Å². The summed E-state index contributed by atoms with van der Waals surface area (Å²) >= 11 is 12.3. The van der Waals surface area contributed by atoms with Gasteiger partial charge in [-0.2, -0.15) is 0 Å². The zero-order valence-corrected chi connectivity index (χ0v) is 14.3. The number of ether oxygens (including phenoxy) is 1. The Kier molecular flexibility index (Phi) is 5.76. The highest BCUT2D eigenvalue weighted by Gasteiger charge is 2.11. The molecule has 0 saturated carbocycles. The molecule has 4 heteroatoms. The molecule has 0 bridgehead atoms. The smallest absolute Gasteiger partial charge is 0.143 e. The minimum absolute atomic E-state index is 0.401. The van der Waals surface area contributed by atoms with Crippen LogP contribution in [0.1, 0.15) is 16.7 Å². The van der Waals surface area contributed by atoms with E-state index in [0.717, 1.165) is 11.3 Å². The number of rotatable bonds is 6. The van der Waals surface area contributed by atoms with Crippen LogP contribution in [0.25, 0.3) is 0 Å². The summed E-state index contributed by atoms with van der Waals surface area (Å²) in [6.07, 6.45) is 1.69. The quantitative estimate of drug-likeness (QED) is 0.675. The van der Waals surface area contributed by atoms with Crippen LogP contribution < -0.4 is 10.1 Å². The molecular weight excluding hydrogens is 317 g/mol. The lowest BCUT2D eigenvalue weighted by atomic mass is 10.1. The highest BCUT2D eigenvalue weighted by Crippen LogP contribution is 2.33. The third-order valence-corrected chi connectivity index (χ3v) is 3.79. The molecule has 22 heavy (non-hydrogen) atoms. The van der Waals surface area contributed by atoms with E-state index in [-0.39, 0.29) is 0 Å². The van der Waals surface area contributed by atoms with Crippen molar-refractivity contribution < 1.29 is 4.74 Å². The van der Waals surface area contributed by atoms with Crippen LogP contribution in [0.2, 0.25) is 10.0 Å². The summed E-state index contributed by atoms with van der Waals surface area (Å²) in [5, 5.41) is 4.52. The molecule has 0 heterocycles. The third kappa shape index (κ3) is 4.19. The second-order valence-electron chi connectivity index (χ2n) is 5.15. The van der Waals surface area contributed by atoms with E-state index < -0.39 is 0 Å². The molecule has 1 N–H and O–H groups in total. The maximum atomic E-state index is 6.24. The van der Waals surface area contributed by atoms with Gasteiger partial charge in [0, 0.05) is 22.8 Å². The summed E-state index contributed by atoms with van der Waals surface area (Å²) in [7, 11) is 0. The summed E-state index contributed by atoms with van der Waals surface area (Å²) < 4.78 is 5.67. The SMILES string of the molecule is C=CCOc1c(Cl)cc(Cl)cc1CNc1cc(C)ccc1C. The van der Waals surface area contributed by atoms with Crippen molar-refractivity contribution in [1.82, 2.24) is 0 Å². The van der Waals surface area contributed by atoms with Crippen LogP contribution in [-0.4, -0.2) is 6.61 Å². The van der Waals surface area contributed by atoms with Crippen molar-refractivity contribution in [3.63, 3.8) is 0 Å². The molecule has 2 nitrogen and oxygen atoms in total. The van der Waals surface area contributed by atoms with E-state index in [2.05, 4.69) is 43.9 Å². The van der Waals surface area contributed by atoms with E-state index in [0.29, 0.717) is 28.9 Å². The number of aryl methyl sites for hydroxylation is 2. The lowest BCUT2D eigenvalue weighted by Crippen LogP contribution is -2.05. The highest BCUT2D eigenvalue weighted by molar-refractivity contribution is 6.35. The normalized spacial score (nSPS) is 10.4. The van der Waals surface area contributed by atoms with Gasteiger partial charge in [-0.15, -0.1) is 0 Å². The Morgan fingerprint density at radius 3 is 2.68 bits per heavy atom. The molecule has 0 amide bonds. The van der Waals surface area contributed by atoms with Gasteiger partial charge in [-0.3, -0.25) is 0 Å². The van der Waals surface area contributed by atoms with Crippen LogP contribution in [0, 0.1) is 13.8 Å². The van der Waals surface area contributed by atoms with Crippen molar-refractivity contribution in [2.45, 2.75) is 20.4 Å². The number of nitrogens with one attached hydrogen (secondary N) is 1. The summed E-state index contributed by atoms with van der Waals surface area (Å²) in [6, 6.07) is 9.85.